The molecule has 0 aliphatic rings. The maximum absolute atomic E-state index is 11.4. The predicted molar refractivity (Wildman–Crippen MR) is 65.4 cm³/mol. The molecule has 1 rings (SSSR count). The van der Waals surface area contributed by atoms with Crippen LogP contribution >= 0.6 is 11.6 Å². The van der Waals surface area contributed by atoms with Crippen LogP contribution in [0.25, 0.3) is 0 Å². The highest BCUT2D eigenvalue weighted by Crippen LogP contribution is 2.27. The van der Waals surface area contributed by atoms with Crippen LogP contribution in [0.5, 0.6) is 0 Å². The van der Waals surface area contributed by atoms with Crippen LogP contribution in [0.15, 0.2) is 18.2 Å². The number of rotatable bonds is 3. The van der Waals surface area contributed by atoms with Crippen molar-refractivity contribution in [1.29, 1.82) is 0 Å². The Kier molecular flexibility index (Phi) is 4.28. The molecule has 0 heterocycles. The summed E-state index contributed by atoms with van der Waals surface area (Å²) in [4.78, 5) is 21.6. The van der Waals surface area contributed by atoms with Gasteiger partial charge in [-0.25, -0.2) is 4.79 Å². The first kappa shape index (κ1) is 13.2. The molecule has 6 nitrogen and oxygen atoms in total. The summed E-state index contributed by atoms with van der Waals surface area (Å²) in [6, 6.07) is 3.40. The average Bonchev–Trinajstić information content (AvgIpc) is 2.15. The van der Waals surface area contributed by atoms with Crippen molar-refractivity contribution in [2.75, 3.05) is 5.32 Å². The first-order chi connectivity index (χ1) is 7.90. The van der Waals surface area contributed by atoms with Gasteiger partial charge in [-0.1, -0.05) is 11.6 Å². The van der Waals surface area contributed by atoms with Crippen LogP contribution in [0.1, 0.15) is 13.8 Å². The fourth-order valence-electron chi connectivity index (χ4n) is 1.19. The Morgan fingerprint density at radius 2 is 2.12 bits per heavy atom. The van der Waals surface area contributed by atoms with E-state index in [2.05, 4.69) is 10.6 Å². The van der Waals surface area contributed by atoms with Gasteiger partial charge in [-0.3, -0.25) is 10.1 Å². The Labute approximate surface area is 103 Å². The standard InChI is InChI=1S/C10H12ClN3O3/c1-6(2)12-10(15)13-8-5-7(11)3-4-9(8)14(16)17/h3-6H,1-2H3,(H2,12,13,15). The van der Waals surface area contributed by atoms with Crippen molar-refractivity contribution in [1.82, 2.24) is 5.32 Å². The maximum atomic E-state index is 11.4. The van der Waals surface area contributed by atoms with Gasteiger partial charge in [0.15, 0.2) is 0 Å². The van der Waals surface area contributed by atoms with E-state index >= 15 is 0 Å². The van der Waals surface area contributed by atoms with Crippen LogP contribution in [0.2, 0.25) is 5.02 Å². The van der Waals surface area contributed by atoms with E-state index < -0.39 is 11.0 Å². The molecule has 0 aliphatic heterocycles. The van der Waals surface area contributed by atoms with E-state index in [9.17, 15) is 14.9 Å². The molecule has 0 aromatic heterocycles. The maximum Gasteiger partial charge on any atom is 0.319 e. The lowest BCUT2D eigenvalue weighted by Crippen LogP contribution is -2.34. The Balaban J connectivity index is 2.92. The van der Waals surface area contributed by atoms with Crippen molar-refractivity contribution in [3.63, 3.8) is 0 Å². The lowest BCUT2D eigenvalue weighted by atomic mass is 10.2. The number of carbonyl (C=O) groups is 1. The third kappa shape index (κ3) is 3.92. The Morgan fingerprint density at radius 3 is 2.65 bits per heavy atom. The number of urea groups is 1. The van der Waals surface area contributed by atoms with Crippen molar-refractivity contribution < 1.29 is 9.72 Å². The minimum Gasteiger partial charge on any atom is -0.336 e. The molecule has 92 valence electrons. The molecule has 0 atom stereocenters. The number of hydrogen-bond acceptors (Lipinski definition) is 3. The van der Waals surface area contributed by atoms with Crippen LogP contribution in [0, 0.1) is 10.1 Å². The number of carbonyl (C=O) groups excluding carboxylic acids is 1. The molecule has 0 bridgehead atoms. The molecule has 2 N–H and O–H groups in total. The number of benzene rings is 1. The van der Waals surface area contributed by atoms with Crippen LogP contribution in [-0.2, 0) is 0 Å². The van der Waals surface area contributed by atoms with Crippen LogP contribution < -0.4 is 10.6 Å². The molecular formula is C10H12ClN3O3. The van der Waals surface area contributed by atoms with Gasteiger partial charge >= 0.3 is 6.03 Å². The van der Waals surface area contributed by atoms with Crippen LogP contribution in [0.4, 0.5) is 16.2 Å². The molecule has 17 heavy (non-hydrogen) atoms. The number of nitrogens with zero attached hydrogens (tertiary/aromatic N) is 1. The predicted octanol–water partition coefficient (Wildman–Crippen LogP) is 2.78. The minimum atomic E-state index is -0.582. The SMILES string of the molecule is CC(C)NC(=O)Nc1cc(Cl)ccc1[N+](=O)[O-]. The largest absolute Gasteiger partial charge is 0.336 e. The third-order valence-electron chi connectivity index (χ3n) is 1.82. The molecule has 1 aromatic carbocycles. The molecule has 0 saturated heterocycles. The molecule has 1 aromatic rings. The summed E-state index contributed by atoms with van der Waals surface area (Å²) >= 11 is 5.72. The van der Waals surface area contributed by atoms with E-state index in [0.29, 0.717) is 5.02 Å². The molecule has 0 unspecified atom stereocenters. The highest BCUT2D eigenvalue weighted by atomic mass is 35.5. The van der Waals surface area contributed by atoms with Crippen molar-refractivity contribution >= 4 is 29.0 Å². The average molecular weight is 258 g/mol. The molecule has 0 fully saturated rings. The van der Waals surface area contributed by atoms with Gasteiger partial charge < -0.3 is 10.6 Å². The van der Waals surface area contributed by atoms with Gasteiger partial charge in [-0.05, 0) is 26.0 Å². The fourth-order valence-corrected chi connectivity index (χ4v) is 1.36. The zero-order valence-electron chi connectivity index (χ0n) is 9.36. The Morgan fingerprint density at radius 1 is 1.47 bits per heavy atom. The first-order valence-electron chi connectivity index (χ1n) is 4.91. The lowest BCUT2D eigenvalue weighted by Gasteiger charge is -2.10. The Hall–Kier alpha value is -1.82. The van der Waals surface area contributed by atoms with E-state index in [1.54, 1.807) is 13.8 Å². The van der Waals surface area contributed by atoms with Crippen LogP contribution in [-0.4, -0.2) is 17.0 Å². The summed E-state index contributed by atoms with van der Waals surface area (Å²) in [7, 11) is 0. The Bertz CT molecular complexity index is 448. The van der Waals surface area contributed by atoms with E-state index in [1.165, 1.54) is 18.2 Å². The summed E-state index contributed by atoms with van der Waals surface area (Å²) in [6.45, 7) is 3.57. The second kappa shape index (κ2) is 5.49. The number of hydrogen-bond donors (Lipinski definition) is 2. The lowest BCUT2D eigenvalue weighted by molar-refractivity contribution is -0.383. The van der Waals surface area contributed by atoms with Gasteiger partial charge in [0, 0.05) is 17.1 Å². The second-order valence-corrected chi connectivity index (χ2v) is 4.11. The summed E-state index contributed by atoms with van der Waals surface area (Å²) in [5.41, 5.74) is -0.131. The minimum absolute atomic E-state index is 0.0618. The quantitative estimate of drug-likeness (QED) is 0.645. The van der Waals surface area contributed by atoms with E-state index in [4.69, 9.17) is 11.6 Å². The van der Waals surface area contributed by atoms with E-state index in [-0.39, 0.29) is 17.4 Å². The van der Waals surface area contributed by atoms with Gasteiger partial charge in [0.2, 0.25) is 0 Å². The van der Waals surface area contributed by atoms with E-state index in [1.807, 2.05) is 0 Å². The molecule has 0 saturated carbocycles. The van der Waals surface area contributed by atoms with Crippen molar-refractivity contribution in [3.05, 3.63) is 33.3 Å². The van der Waals surface area contributed by atoms with Gasteiger partial charge in [0.05, 0.1) is 4.92 Å². The molecule has 0 spiro atoms. The third-order valence-corrected chi connectivity index (χ3v) is 2.06. The monoisotopic (exact) mass is 257 g/mol. The number of nitrogens with one attached hydrogen (secondary N) is 2. The highest BCUT2D eigenvalue weighted by Gasteiger charge is 2.16. The molecule has 2 amide bonds. The number of nitro groups is 1. The van der Waals surface area contributed by atoms with Crippen molar-refractivity contribution in [2.24, 2.45) is 0 Å². The zero-order valence-corrected chi connectivity index (χ0v) is 10.1. The molecule has 0 radical (unpaired) electrons. The molecular weight excluding hydrogens is 246 g/mol. The number of halogens is 1. The summed E-state index contributed by atoms with van der Waals surface area (Å²) in [5, 5.41) is 16.0. The van der Waals surface area contributed by atoms with Gasteiger partial charge in [-0.2, -0.15) is 0 Å². The normalized spacial score (nSPS) is 10.1. The number of nitro benzene ring substituents is 1. The van der Waals surface area contributed by atoms with Crippen molar-refractivity contribution in [3.8, 4) is 0 Å². The van der Waals surface area contributed by atoms with Crippen molar-refractivity contribution in [2.45, 2.75) is 19.9 Å². The second-order valence-electron chi connectivity index (χ2n) is 3.67. The summed E-state index contributed by atoms with van der Waals surface area (Å²) < 4.78 is 0. The fraction of sp³-hybridized carbons (Fsp3) is 0.300. The molecule has 7 heteroatoms. The first-order valence-corrected chi connectivity index (χ1v) is 5.29. The summed E-state index contributed by atoms with van der Waals surface area (Å²) in [5.74, 6) is 0. The van der Waals surface area contributed by atoms with Gasteiger partial charge in [0.1, 0.15) is 5.69 Å². The van der Waals surface area contributed by atoms with Gasteiger partial charge in [0.25, 0.3) is 5.69 Å². The number of anilines is 1. The topological polar surface area (TPSA) is 84.3 Å². The highest BCUT2D eigenvalue weighted by molar-refractivity contribution is 6.31. The molecule has 0 aliphatic carbocycles. The van der Waals surface area contributed by atoms with E-state index in [0.717, 1.165) is 0 Å². The smallest absolute Gasteiger partial charge is 0.319 e. The van der Waals surface area contributed by atoms with Crippen LogP contribution in [0.3, 0.4) is 0 Å². The number of amides is 2. The zero-order chi connectivity index (χ0) is 13.0. The van der Waals surface area contributed by atoms with Gasteiger partial charge in [-0.15, -0.1) is 0 Å². The summed E-state index contributed by atoms with van der Waals surface area (Å²) in [6.07, 6.45) is 0.